The van der Waals surface area contributed by atoms with Crippen molar-refractivity contribution in [3.05, 3.63) is 33.8 Å². The molecule has 1 aromatic rings. The topological polar surface area (TPSA) is 59.1 Å². The van der Waals surface area contributed by atoms with Crippen LogP contribution < -0.4 is 0 Å². The van der Waals surface area contributed by atoms with Crippen LogP contribution in [0.4, 0.5) is 0 Å². The number of carbonyl (C=O) groups is 2. The Morgan fingerprint density at radius 1 is 1.08 bits per heavy atom. The summed E-state index contributed by atoms with van der Waals surface area (Å²) in [5.74, 6) is -0.259. The van der Waals surface area contributed by atoms with E-state index in [0.29, 0.717) is 50.0 Å². The molecule has 1 aliphatic heterocycles. The van der Waals surface area contributed by atoms with Crippen molar-refractivity contribution >= 4 is 35.0 Å². The third kappa shape index (κ3) is 4.83. The van der Waals surface area contributed by atoms with E-state index in [4.69, 9.17) is 32.7 Å². The second-order valence-electron chi connectivity index (χ2n) is 5.32. The van der Waals surface area contributed by atoms with Crippen molar-refractivity contribution in [1.29, 1.82) is 0 Å². The largest absolute Gasteiger partial charge is 0.382 e. The Kier molecular flexibility index (Phi) is 7.30. The first kappa shape index (κ1) is 19.0. The van der Waals surface area contributed by atoms with Crippen LogP contribution in [0, 0.1) is 0 Å². The lowest BCUT2D eigenvalue weighted by atomic mass is 10.1. The van der Waals surface area contributed by atoms with Crippen molar-refractivity contribution < 1.29 is 19.1 Å². The van der Waals surface area contributed by atoms with Crippen LogP contribution in [0.3, 0.4) is 0 Å². The van der Waals surface area contributed by atoms with Gasteiger partial charge in [-0.1, -0.05) is 29.3 Å². The molecule has 0 spiro atoms. The van der Waals surface area contributed by atoms with E-state index in [1.807, 2.05) is 0 Å². The molecule has 2 amide bonds. The van der Waals surface area contributed by atoms with Gasteiger partial charge < -0.3 is 19.3 Å². The van der Waals surface area contributed by atoms with Crippen LogP contribution in [0.25, 0.3) is 0 Å². The van der Waals surface area contributed by atoms with Crippen LogP contribution in [0.15, 0.2) is 18.2 Å². The number of halogens is 2. The SMILES string of the molecule is COCCOCC(=O)N1CCN(C(=O)c2cccc(Cl)c2Cl)CC1. The van der Waals surface area contributed by atoms with Crippen molar-refractivity contribution in [3.63, 3.8) is 0 Å². The van der Waals surface area contributed by atoms with Gasteiger partial charge in [0.05, 0.1) is 28.8 Å². The number of carbonyl (C=O) groups excluding carboxylic acids is 2. The molecule has 1 aliphatic rings. The van der Waals surface area contributed by atoms with E-state index in [2.05, 4.69) is 0 Å². The van der Waals surface area contributed by atoms with Crippen molar-refractivity contribution in [1.82, 2.24) is 9.80 Å². The quantitative estimate of drug-likeness (QED) is 0.714. The van der Waals surface area contributed by atoms with E-state index in [9.17, 15) is 9.59 Å². The lowest BCUT2D eigenvalue weighted by molar-refractivity contribution is -0.138. The number of nitrogens with zero attached hydrogens (tertiary/aromatic N) is 2. The molecule has 0 N–H and O–H groups in total. The highest BCUT2D eigenvalue weighted by Crippen LogP contribution is 2.26. The molecule has 2 rings (SSSR count). The number of rotatable bonds is 6. The minimum absolute atomic E-state index is 0.0252. The lowest BCUT2D eigenvalue weighted by Gasteiger charge is -2.35. The minimum atomic E-state index is -0.175. The van der Waals surface area contributed by atoms with E-state index in [1.165, 1.54) is 0 Å². The first-order valence-corrected chi connectivity index (χ1v) is 8.38. The maximum atomic E-state index is 12.5. The second kappa shape index (κ2) is 9.22. The molecular weight excluding hydrogens is 355 g/mol. The third-order valence-electron chi connectivity index (χ3n) is 3.76. The zero-order chi connectivity index (χ0) is 17.5. The maximum absolute atomic E-state index is 12.5. The molecule has 1 fully saturated rings. The van der Waals surface area contributed by atoms with Gasteiger partial charge in [-0.05, 0) is 12.1 Å². The summed E-state index contributed by atoms with van der Waals surface area (Å²) in [5, 5.41) is 0.610. The number of hydrogen-bond donors (Lipinski definition) is 0. The molecule has 24 heavy (non-hydrogen) atoms. The monoisotopic (exact) mass is 374 g/mol. The average molecular weight is 375 g/mol. The summed E-state index contributed by atoms with van der Waals surface area (Å²) in [6, 6.07) is 4.98. The summed E-state index contributed by atoms with van der Waals surface area (Å²) in [7, 11) is 1.58. The molecule has 0 atom stereocenters. The fraction of sp³-hybridized carbons (Fsp3) is 0.500. The van der Waals surface area contributed by atoms with Gasteiger partial charge >= 0.3 is 0 Å². The van der Waals surface area contributed by atoms with Gasteiger partial charge in [0.25, 0.3) is 5.91 Å². The third-order valence-corrected chi connectivity index (χ3v) is 4.58. The number of ether oxygens (including phenoxy) is 2. The molecule has 0 radical (unpaired) electrons. The van der Waals surface area contributed by atoms with Gasteiger partial charge in [0.15, 0.2) is 0 Å². The first-order chi connectivity index (χ1) is 11.5. The van der Waals surface area contributed by atoms with Crippen molar-refractivity contribution in [3.8, 4) is 0 Å². The number of piperazine rings is 1. The van der Waals surface area contributed by atoms with Gasteiger partial charge in [-0.3, -0.25) is 9.59 Å². The van der Waals surface area contributed by atoms with E-state index in [1.54, 1.807) is 35.1 Å². The predicted octanol–water partition coefficient (Wildman–Crippen LogP) is 1.94. The zero-order valence-electron chi connectivity index (χ0n) is 13.5. The molecule has 0 aliphatic carbocycles. The van der Waals surface area contributed by atoms with E-state index in [0.717, 1.165) is 0 Å². The Hall–Kier alpha value is -1.34. The van der Waals surface area contributed by atoms with Gasteiger partial charge in [0, 0.05) is 33.3 Å². The maximum Gasteiger partial charge on any atom is 0.255 e. The summed E-state index contributed by atoms with van der Waals surface area (Å²) in [6.07, 6.45) is 0. The van der Waals surface area contributed by atoms with Gasteiger partial charge in [-0.15, -0.1) is 0 Å². The van der Waals surface area contributed by atoms with Crippen LogP contribution in [-0.4, -0.2) is 74.7 Å². The fourth-order valence-corrected chi connectivity index (χ4v) is 2.77. The first-order valence-electron chi connectivity index (χ1n) is 7.62. The zero-order valence-corrected chi connectivity index (χ0v) is 15.0. The summed E-state index contributed by atoms with van der Waals surface area (Å²) < 4.78 is 10.1. The Labute approximate surface area is 151 Å². The van der Waals surface area contributed by atoms with Crippen molar-refractivity contribution in [2.45, 2.75) is 0 Å². The molecule has 0 aromatic heterocycles. The molecule has 1 saturated heterocycles. The number of benzene rings is 1. The normalized spacial score (nSPS) is 14.8. The van der Waals surface area contributed by atoms with E-state index in [-0.39, 0.29) is 23.4 Å². The highest BCUT2D eigenvalue weighted by atomic mass is 35.5. The second-order valence-corrected chi connectivity index (χ2v) is 6.10. The number of amides is 2. The smallest absolute Gasteiger partial charge is 0.255 e. The Morgan fingerprint density at radius 3 is 2.42 bits per heavy atom. The molecule has 0 unspecified atom stereocenters. The van der Waals surface area contributed by atoms with Gasteiger partial charge in [-0.25, -0.2) is 0 Å². The number of hydrogen-bond acceptors (Lipinski definition) is 4. The summed E-state index contributed by atoms with van der Waals surface area (Å²) in [5.41, 5.74) is 0.381. The highest BCUT2D eigenvalue weighted by molar-refractivity contribution is 6.43. The summed E-state index contributed by atoms with van der Waals surface area (Å²) in [4.78, 5) is 27.9. The molecule has 132 valence electrons. The van der Waals surface area contributed by atoms with Crippen LogP contribution in [-0.2, 0) is 14.3 Å². The van der Waals surface area contributed by atoms with Gasteiger partial charge in [0.1, 0.15) is 6.61 Å². The molecule has 1 heterocycles. The van der Waals surface area contributed by atoms with Crippen LogP contribution in [0.2, 0.25) is 10.0 Å². The Morgan fingerprint density at radius 2 is 1.75 bits per heavy atom. The van der Waals surface area contributed by atoms with Gasteiger partial charge in [0.2, 0.25) is 5.91 Å². The Bertz CT molecular complexity index is 589. The van der Waals surface area contributed by atoms with Gasteiger partial charge in [-0.2, -0.15) is 0 Å². The van der Waals surface area contributed by atoms with Crippen LogP contribution >= 0.6 is 23.2 Å². The predicted molar refractivity (Wildman–Crippen MR) is 91.6 cm³/mol. The van der Waals surface area contributed by atoms with Crippen LogP contribution in [0.5, 0.6) is 0 Å². The Balaban J connectivity index is 1.85. The molecule has 0 bridgehead atoms. The highest BCUT2D eigenvalue weighted by Gasteiger charge is 2.26. The summed E-state index contributed by atoms with van der Waals surface area (Å²) in [6.45, 7) is 2.70. The molecular formula is C16H20Cl2N2O4. The molecule has 6 nitrogen and oxygen atoms in total. The standard InChI is InChI=1S/C16H20Cl2N2O4/c1-23-9-10-24-11-14(21)19-5-7-20(8-6-19)16(22)12-3-2-4-13(17)15(12)18/h2-4H,5-11H2,1H3. The average Bonchev–Trinajstić information content (AvgIpc) is 2.60. The van der Waals surface area contributed by atoms with Crippen molar-refractivity contribution in [2.75, 3.05) is 53.1 Å². The number of methoxy groups -OCH3 is 1. The molecule has 1 aromatic carbocycles. The van der Waals surface area contributed by atoms with Crippen LogP contribution in [0.1, 0.15) is 10.4 Å². The molecule has 8 heteroatoms. The minimum Gasteiger partial charge on any atom is -0.382 e. The molecule has 0 saturated carbocycles. The lowest BCUT2D eigenvalue weighted by Crippen LogP contribution is -2.51. The fourth-order valence-electron chi connectivity index (χ4n) is 2.39. The van der Waals surface area contributed by atoms with E-state index >= 15 is 0 Å². The van der Waals surface area contributed by atoms with E-state index < -0.39 is 0 Å². The summed E-state index contributed by atoms with van der Waals surface area (Å²) >= 11 is 12.1. The van der Waals surface area contributed by atoms with Crippen molar-refractivity contribution in [2.24, 2.45) is 0 Å².